The summed E-state index contributed by atoms with van der Waals surface area (Å²) < 4.78 is 4.97. The minimum Gasteiger partial charge on any atom is -0.395 e. The lowest BCUT2D eigenvalue weighted by Gasteiger charge is -1.99. The summed E-state index contributed by atoms with van der Waals surface area (Å²) in [6.07, 6.45) is 0. The number of rotatable bonds is 4. The van der Waals surface area contributed by atoms with Gasteiger partial charge in [0.1, 0.15) is 6.07 Å². The van der Waals surface area contributed by atoms with Gasteiger partial charge in [-0.3, -0.25) is 0 Å². The zero-order valence-electron chi connectivity index (χ0n) is 4.56. The molecule has 0 amide bonds. The Kier molecular flexibility index (Phi) is 5.06. The first-order valence-electron chi connectivity index (χ1n) is 2.15. The summed E-state index contributed by atoms with van der Waals surface area (Å²) >= 11 is 5.26. The highest BCUT2D eigenvalue weighted by molar-refractivity contribution is 6.63. The Morgan fingerprint density at radius 2 is 2.00 bits per heavy atom. The Balaban J connectivity index is 3.35. The Morgan fingerprint density at radius 3 is 2.12 bits per heavy atom. The largest absolute Gasteiger partial charge is 0.395 e. The van der Waals surface area contributed by atoms with Gasteiger partial charge in [0.15, 0.2) is 0 Å². The molecule has 0 spiro atoms. The fourth-order valence-electron chi connectivity index (χ4n) is 0.264. The van der Waals surface area contributed by atoms with Gasteiger partial charge in [-0.05, 0) is 0 Å². The normalized spacial score (nSPS) is 9.25. The fraction of sp³-hybridized carbons (Fsp3) is 0.200. The Hall–Kier alpha value is -0.0531. The van der Waals surface area contributed by atoms with Crippen LogP contribution in [-0.2, 0) is 4.43 Å². The van der Waals surface area contributed by atoms with Crippen molar-refractivity contribution in [2.45, 2.75) is 0 Å². The summed E-state index contributed by atoms with van der Waals surface area (Å²) in [7, 11) is -0.978. The van der Waals surface area contributed by atoms with Gasteiger partial charge < -0.3 is 4.43 Å². The van der Waals surface area contributed by atoms with Gasteiger partial charge in [-0.2, -0.15) is 0 Å². The van der Waals surface area contributed by atoms with E-state index in [-0.39, 0.29) is 6.07 Å². The number of hydrogen-bond donors (Lipinski definition) is 0. The van der Waals surface area contributed by atoms with Gasteiger partial charge in [-0.1, -0.05) is 23.0 Å². The molecule has 1 nitrogen and oxygen atoms in total. The summed E-state index contributed by atoms with van der Waals surface area (Å²) in [6.45, 7) is 7.08. The zero-order chi connectivity index (χ0) is 6.41. The van der Waals surface area contributed by atoms with Gasteiger partial charge >= 0.3 is 0 Å². The smallest absolute Gasteiger partial charge is 0.267 e. The molecule has 1 radical (unpaired) electrons. The Morgan fingerprint density at radius 1 is 1.50 bits per heavy atom. The van der Waals surface area contributed by atoms with E-state index in [9.17, 15) is 0 Å². The molecule has 0 aliphatic rings. The second kappa shape index (κ2) is 5.09. The van der Waals surface area contributed by atoms with Crippen molar-refractivity contribution in [3.8, 4) is 0 Å². The molecule has 0 aromatic heterocycles. The molecule has 0 aliphatic carbocycles. The van der Waals surface area contributed by atoms with Crippen molar-refractivity contribution in [1.29, 1.82) is 0 Å². The third-order valence-corrected chi connectivity index (χ3v) is 2.20. The number of halogens is 1. The van der Waals surface area contributed by atoms with E-state index in [1.54, 1.807) is 11.4 Å². The molecule has 0 unspecified atom stereocenters. The minimum absolute atomic E-state index is 0.229. The molecular formula is C5H8ClOSi. The van der Waals surface area contributed by atoms with Crippen molar-refractivity contribution in [2.24, 2.45) is 0 Å². The predicted molar refractivity (Wildman–Crippen MR) is 38.0 cm³/mol. The van der Waals surface area contributed by atoms with Crippen molar-refractivity contribution in [1.82, 2.24) is 0 Å². The molecule has 0 saturated carbocycles. The van der Waals surface area contributed by atoms with Crippen molar-refractivity contribution in [3.63, 3.8) is 0 Å². The summed E-state index contributed by atoms with van der Waals surface area (Å²) in [5, 5.41) is 0. The van der Waals surface area contributed by atoms with E-state index in [0.29, 0.717) is 0 Å². The first-order valence-corrected chi connectivity index (χ1v) is 4.25. The highest BCUT2D eigenvalue weighted by Crippen LogP contribution is 1.89. The van der Waals surface area contributed by atoms with E-state index in [4.69, 9.17) is 16.0 Å². The quantitative estimate of drug-likeness (QED) is 0.434. The SMILES string of the molecule is C=C[Si](C=C)OCCl. The second-order valence-corrected chi connectivity index (χ2v) is 3.19. The monoisotopic (exact) mass is 147 g/mol. The maximum Gasteiger partial charge on any atom is 0.267 e. The highest BCUT2D eigenvalue weighted by Gasteiger charge is 1.98. The fourth-order valence-corrected chi connectivity index (χ4v) is 1.17. The lowest BCUT2D eigenvalue weighted by molar-refractivity contribution is 0.408. The third kappa shape index (κ3) is 3.02. The first-order chi connectivity index (χ1) is 3.85. The van der Waals surface area contributed by atoms with Gasteiger partial charge in [0.05, 0.1) is 0 Å². The maximum absolute atomic E-state index is 5.26. The van der Waals surface area contributed by atoms with Crippen LogP contribution in [0.5, 0.6) is 0 Å². The van der Waals surface area contributed by atoms with Crippen LogP contribution in [0.3, 0.4) is 0 Å². The number of hydrogen-bond acceptors (Lipinski definition) is 1. The van der Waals surface area contributed by atoms with Crippen LogP contribution in [-0.4, -0.2) is 15.1 Å². The van der Waals surface area contributed by atoms with Crippen LogP contribution in [0.15, 0.2) is 24.6 Å². The topological polar surface area (TPSA) is 9.23 Å². The summed E-state index contributed by atoms with van der Waals surface area (Å²) in [6, 6.07) is 0.229. The molecule has 45 valence electrons. The van der Waals surface area contributed by atoms with Crippen LogP contribution in [0.4, 0.5) is 0 Å². The summed E-state index contributed by atoms with van der Waals surface area (Å²) in [5.74, 6) is 0. The van der Waals surface area contributed by atoms with Crippen molar-refractivity contribution >= 4 is 20.6 Å². The molecular weight excluding hydrogens is 140 g/mol. The molecule has 0 aromatic rings. The predicted octanol–water partition coefficient (Wildman–Crippen LogP) is 1.64. The molecule has 0 rings (SSSR count). The van der Waals surface area contributed by atoms with Crippen LogP contribution in [0, 0.1) is 0 Å². The van der Waals surface area contributed by atoms with Crippen LogP contribution in [0.2, 0.25) is 0 Å². The van der Waals surface area contributed by atoms with E-state index in [0.717, 1.165) is 0 Å². The zero-order valence-corrected chi connectivity index (χ0v) is 6.32. The van der Waals surface area contributed by atoms with Crippen LogP contribution in [0.1, 0.15) is 0 Å². The standard InChI is InChI=1S/C5H8ClOSi/c1-3-8(4-2)7-5-6/h3-4H,1-2,5H2. The van der Waals surface area contributed by atoms with Gasteiger partial charge in [0.2, 0.25) is 0 Å². The number of alkyl halides is 1. The Bertz CT molecular complexity index is 76.5. The van der Waals surface area contributed by atoms with E-state index in [2.05, 4.69) is 13.2 Å². The van der Waals surface area contributed by atoms with Gasteiger partial charge in [-0.15, -0.1) is 13.2 Å². The molecule has 0 saturated heterocycles. The van der Waals surface area contributed by atoms with E-state index in [1.807, 2.05) is 0 Å². The van der Waals surface area contributed by atoms with Crippen molar-refractivity contribution < 1.29 is 4.43 Å². The molecule has 0 bridgehead atoms. The van der Waals surface area contributed by atoms with Crippen molar-refractivity contribution in [3.05, 3.63) is 24.6 Å². The van der Waals surface area contributed by atoms with E-state index < -0.39 is 9.04 Å². The first kappa shape index (κ1) is 7.95. The lowest BCUT2D eigenvalue weighted by Crippen LogP contribution is -2.09. The molecule has 0 heterocycles. The van der Waals surface area contributed by atoms with Crippen molar-refractivity contribution in [2.75, 3.05) is 6.07 Å². The van der Waals surface area contributed by atoms with Crippen LogP contribution in [0.25, 0.3) is 0 Å². The second-order valence-electron chi connectivity index (χ2n) is 1.06. The lowest BCUT2D eigenvalue weighted by atomic mass is 11.2. The summed E-state index contributed by atoms with van der Waals surface area (Å²) in [4.78, 5) is 0. The molecule has 0 fully saturated rings. The third-order valence-electron chi connectivity index (χ3n) is 0.624. The van der Waals surface area contributed by atoms with Crippen LogP contribution < -0.4 is 0 Å². The molecule has 0 atom stereocenters. The average molecular weight is 148 g/mol. The van der Waals surface area contributed by atoms with Gasteiger partial charge in [0, 0.05) is 0 Å². The minimum atomic E-state index is -0.978. The molecule has 0 aliphatic heterocycles. The van der Waals surface area contributed by atoms with Gasteiger partial charge in [0.25, 0.3) is 9.04 Å². The average Bonchev–Trinajstić information content (AvgIpc) is 1.83. The molecule has 3 heteroatoms. The molecule has 0 aromatic carbocycles. The summed E-state index contributed by atoms with van der Waals surface area (Å²) in [5.41, 5.74) is 3.47. The van der Waals surface area contributed by atoms with Crippen LogP contribution >= 0.6 is 11.6 Å². The molecule has 8 heavy (non-hydrogen) atoms. The highest BCUT2D eigenvalue weighted by atomic mass is 35.5. The maximum atomic E-state index is 5.26. The van der Waals surface area contributed by atoms with E-state index in [1.165, 1.54) is 0 Å². The Labute approximate surface area is 56.3 Å². The van der Waals surface area contributed by atoms with E-state index >= 15 is 0 Å². The van der Waals surface area contributed by atoms with Gasteiger partial charge in [-0.25, -0.2) is 0 Å². The molecule has 0 N–H and O–H groups in total.